The van der Waals surface area contributed by atoms with E-state index in [2.05, 4.69) is 18.7 Å². The summed E-state index contributed by atoms with van der Waals surface area (Å²) in [5.41, 5.74) is 0.571. The van der Waals surface area contributed by atoms with Gasteiger partial charge in [0.05, 0.1) is 18.7 Å². The fraction of sp³-hybridized carbons (Fsp3) is 0.533. The number of rotatable bonds is 4. The van der Waals surface area contributed by atoms with Gasteiger partial charge in [0.2, 0.25) is 0 Å². The highest BCUT2D eigenvalue weighted by atomic mass is 35.5. The molecule has 0 N–H and O–H groups in total. The minimum Gasteiger partial charge on any atom is -0.495 e. The molecule has 1 saturated heterocycles. The zero-order valence-corrected chi connectivity index (χ0v) is 12.8. The molecular weight excluding hydrogens is 278 g/mol. The number of ether oxygens (including phenoxy) is 2. The number of morpholine rings is 1. The maximum atomic E-state index is 12.5. The van der Waals surface area contributed by atoms with Crippen LogP contribution in [-0.4, -0.2) is 49.6 Å². The lowest BCUT2D eigenvalue weighted by Crippen LogP contribution is -2.48. The van der Waals surface area contributed by atoms with Crippen molar-refractivity contribution >= 4 is 17.4 Å². The Bertz CT molecular complexity index is 490. The highest BCUT2D eigenvalue weighted by Gasteiger charge is 2.28. The molecule has 0 amide bonds. The number of halogens is 1. The quantitative estimate of drug-likeness (QED) is 0.801. The predicted octanol–water partition coefficient (Wildman–Crippen LogP) is 2.64. The zero-order valence-electron chi connectivity index (χ0n) is 12.1. The van der Waals surface area contributed by atoms with Gasteiger partial charge >= 0.3 is 0 Å². The Labute approximate surface area is 124 Å². The number of benzene rings is 1. The lowest BCUT2D eigenvalue weighted by molar-refractivity contribution is -0.0256. The van der Waals surface area contributed by atoms with Crippen LogP contribution < -0.4 is 4.74 Å². The summed E-state index contributed by atoms with van der Waals surface area (Å²) in [5.74, 6) is 0.486. The molecule has 1 unspecified atom stereocenters. The van der Waals surface area contributed by atoms with E-state index in [-0.39, 0.29) is 5.78 Å². The van der Waals surface area contributed by atoms with Crippen LogP contribution in [0.3, 0.4) is 0 Å². The van der Waals surface area contributed by atoms with Gasteiger partial charge in [-0.1, -0.05) is 11.6 Å². The normalized spacial score (nSPS) is 20.1. The average molecular weight is 298 g/mol. The molecule has 4 nitrogen and oxygen atoms in total. The van der Waals surface area contributed by atoms with Gasteiger partial charge in [-0.2, -0.15) is 0 Å². The van der Waals surface area contributed by atoms with E-state index < -0.39 is 6.10 Å². The van der Waals surface area contributed by atoms with Gasteiger partial charge in [0.1, 0.15) is 11.9 Å². The molecule has 0 radical (unpaired) electrons. The third-order valence-electron chi connectivity index (χ3n) is 3.56. The van der Waals surface area contributed by atoms with E-state index in [1.54, 1.807) is 18.2 Å². The van der Waals surface area contributed by atoms with Crippen LogP contribution in [0.2, 0.25) is 5.02 Å². The van der Waals surface area contributed by atoms with Crippen LogP contribution in [-0.2, 0) is 4.74 Å². The summed E-state index contributed by atoms with van der Waals surface area (Å²) in [6.45, 7) is 6.32. The fourth-order valence-electron chi connectivity index (χ4n) is 2.30. The average Bonchev–Trinajstić information content (AvgIpc) is 2.47. The molecule has 1 aromatic carbocycles. The third kappa shape index (κ3) is 3.32. The minimum atomic E-state index is -0.419. The number of ketones is 1. The molecule has 0 aromatic heterocycles. The van der Waals surface area contributed by atoms with E-state index in [4.69, 9.17) is 21.1 Å². The fourth-order valence-corrected chi connectivity index (χ4v) is 2.49. The highest BCUT2D eigenvalue weighted by molar-refractivity contribution is 6.32. The second-order valence-electron chi connectivity index (χ2n) is 5.16. The molecule has 0 saturated carbocycles. The van der Waals surface area contributed by atoms with Crippen molar-refractivity contribution < 1.29 is 14.3 Å². The van der Waals surface area contributed by atoms with Gasteiger partial charge < -0.3 is 9.47 Å². The first-order valence-corrected chi connectivity index (χ1v) is 7.14. The summed E-state index contributed by atoms with van der Waals surface area (Å²) in [6, 6.07) is 5.47. The largest absolute Gasteiger partial charge is 0.495 e. The van der Waals surface area contributed by atoms with Crippen LogP contribution in [0.5, 0.6) is 5.75 Å². The summed E-state index contributed by atoms with van der Waals surface area (Å²) in [4.78, 5) is 14.7. The Hall–Kier alpha value is -1.10. The monoisotopic (exact) mass is 297 g/mol. The van der Waals surface area contributed by atoms with Crippen molar-refractivity contribution in [3.8, 4) is 5.75 Å². The van der Waals surface area contributed by atoms with Gasteiger partial charge in [-0.25, -0.2) is 0 Å². The molecule has 0 aliphatic carbocycles. The summed E-state index contributed by atoms with van der Waals surface area (Å²) < 4.78 is 10.8. The smallest absolute Gasteiger partial charge is 0.193 e. The van der Waals surface area contributed by atoms with Crippen molar-refractivity contribution in [1.82, 2.24) is 4.90 Å². The van der Waals surface area contributed by atoms with Crippen LogP contribution >= 0.6 is 11.6 Å². The molecule has 0 spiro atoms. The molecule has 110 valence electrons. The Morgan fingerprint density at radius 3 is 2.90 bits per heavy atom. The van der Waals surface area contributed by atoms with Crippen LogP contribution in [0.25, 0.3) is 0 Å². The molecular formula is C15H20ClNO3. The van der Waals surface area contributed by atoms with Crippen molar-refractivity contribution in [2.75, 3.05) is 26.8 Å². The topological polar surface area (TPSA) is 38.8 Å². The van der Waals surface area contributed by atoms with E-state index in [1.165, 1.54) is 7.11 Å². The first-order chi connectivity index (χ1) is 9.52. The molecule has 1 atom stereocenters. The second kappa shape index (κ2) is 6.57. The number of carbonyl (C=O) groups excluding carboxylic acids is 1. The van der Waals surface area contributed by atoms with Crippen molar-refractivity contribution in [2.45, 2.75) is 26.0 Å². The summed E-state index contributed by atoms with van der Waals surface area (Å²) in [7, 11) is 1.53. The molecule has 1 heterocycles. The predicted molar refractivity (Wildman–Crippen MR) is 78.8 cm³/mol. The number of nitrogens with zero attached hydrogens (tertiary/aromatic N) is 1. The van der Waals surface area contributed by atoms with Crippen molar-refractivity contribution in [2.24, 2.45) is 0 Å². The first kappa shape index (κ1) is 15.3. The van der Waals surface area contributed by atoms with E-state index in [9.17, 15) is 4.79 Å². The molecule has 20 heavy (non-hydrogen) atoms. The molecule has 5 heteroatoms. The van der Waals surface area contributed by atoms with E-state index in [1.807, 2.05) is 0 Å². The number of Topliss-reactive ketones (excluding diaryl/α,β-unsaturated/α-hetero) is 1. The number of carbonyl (C=O) groups is 1. The minimum absolute atomic E-state index is 0.0229. The molecule has 1 aliphatic rings. The van der Waals surface area contributed by atoms with Gasteiger partial charge in [0.25, 0.3) is 0 Å². The van der Waals surface area contributed by atoms with E-state index >= 15 is 0 Å². The lowest BCUT2D eigenvalue weighted by Gasteiger charge is -2.34. The number of methoxy groups -OCH3 is 1. The summed E-state index contributed by atoms with van der Waals surface area (Å²) >= 11 is 5.98. The number of hydrogen-bond acceptors (Lipinski definition) is 4. The molecule has 1 aliphatic heterocycles. The maximum absolute atomic E-state index is 12.5. The Morgan fingerprint density at radius 2 is 2.25 bits per heavy atom. The van der Waals surface area contributed by atoms with Crippen LogP contribution in [0.4, 0.5) is 0 Å². The van der Waals surface area contributed by atoms with Gasteiger partial charge in [0.15, 0.2) is 5.78 Å². The Balaban J connectivity index is 2.14. The Morgan fingerprint density at radius 1 is 1.50 bits per heavy atom. The van der Waals surface area contributed by atoms with Gasteiger partial charge in [-0.05, 0) is 32.0 Å². The zero-order chi connectivity index (χ0) is 14.7. The van der Waals surface area contributed by atoms with Gasteiger partial charge in [-0.3, -0.25) is 9.69 Å². The third-order valence-corrected chi connectivity index (χ3v) is 3.87. The lowest BCUT2D eigenvalue weighted by atomic mass is 10.0. The summed E-state index contributed by atoms with van der Waals surface area (Å²) in [5, 5.41) is 0.498. The van der Waals surface area contributed by atoms with Gasteiger partial charge in [0, 0.05) is 24.7 Å². The molecule has 2 rings (SSSR count). The Kier molecular flexibility index (Phi) is 5.02. The SMILES string of the molecule is COc1cc(C(=O)C2CN(C(C)C)CCO2)ccc1Cl. The van der Waals surface area contributed by atoms with Crippen molar-refractivity contribution in [3.05, 3.63) is 28.8 Å². The molecule has 1 aromatic rings. The van der Waals surface area contributed by atoms with Crippen LogP contribution in [0, 0.1) is 0 Å². The first-order valence-electron chi connectivity index (χ1n) is 6.76. The standard InChI is InChI=1S/C15H20ClNO3/c1-10(2)17-6-7-20-14(9-17)15(18)11-4-5-12(16)13(8-11)19-3/h4-5,8,10,14H,6-7,9H2,1-3H3. The maximum Gasteiger partial charge on any atom is 0.193 e. The molecule has 1 fully saturated rings. The van der Waals surface area contributed by atoms with E-state index in [0.717, 1.165) is 6.54 Å². The summed E-state index contributed by atoms with van der Waals surface area (Å²) in [6.07, 6.45) is -0.419. The van der Waals surface area contributed by atoms with Crippen molar-refractivity contribution in [1.29, 1.82) is 0 Å². The van der Waals surface area contributed by atoms with Crippen LogP contribution in [0.1, 0.15) is 24.2 Å². The van der Waals surface area contributed by atoms with Crippen LogP contribution in [0.15, 0.2) is 18.2 Å². The highest BCUT2D eigenvalue weighted by Crippen LogP contribution is 2.26. The molecule has 0 bridgehead atoms. The van der Waals surface area contributed by atoms with Gasteiger partial charge in [-0.15, -0.1) is 0 Å². The second-order valence-corrected chi connectivity index (χ2v) is 5.57. The van der Waals surface area contributed by atoms with Crippen molar-refractivity contribution in [3.63, 3.8) is 0 Å². The number of hydrogen-bond donors (Lipinski definition) is 0. The van der Waals surface area contributed by atoms with E-state index in [0.29, 0.717) is 35.5 Å².